The van der Waals surface area contributed by atoms with Crippen LogP contribution < -0.4 is 5.32 Å². The first kappa shape index (κ1) is 20.3. The van der Waals surface area contributed by atoms with Gasteiger partial charge in [0, 0.05) is 25.9 Å². The Hall–Kier alpha value is -2.02. The number of allylic oxidation sites excluding steroid dienone is 1. The van der Waals surface area contributed by atoms with Crippen LogP contribution in [0.3, 0.4) is 0 Å². The molecule has 0 saturated carbocycles. The number of likely N-dealkylation sites (N-methyl/N-ethyl adjacent to an activating group) is 1. The van der Waals surface area contributed by atoms with E-state index in [1.54, 1.807) is 17.1 Å². The normalized spacial score (nSPS) is 34.0. The summed E-state index contributed by atoms with van der Waals surface area (Å²) in [6.07, 6.45) is 6.70. The molecule has 1 aromatic rings. The Morgan fingerprint density at radius 2 is 2.24 bits per heavy atom. The van der Waals surface area contributed by atoms with E-state index in [0.29, 0.717) is 13.1 Å². The number of halogens is 1. The lowest BCUT2D eigenvalue weighted by Gasteiger charge is -2.38. The van der Waals surface area contributed by atoms with Gasteiger partial charge in [-0.05, 0) is 35.7 Å². The summed E-state index contributed by atoms with van der Waals surface area (Å²) in [6.45, 7) is 3.90. The van der Waals surface area contributed by atoms with Crippen molar-refractivity contribution in [1.82, 2.24) is 10.2 Å². The number of nitrogens with zero attached hydrogens (tertiary/aromatic N) is 1. The van der Waals surface area contributed by atoms with E-state index in [4.69, 9.17) is 4.74 Å². The van der Waals surface area contributed by atoms with Crippen molar-refractivity contribution in [2.75, 3.05) is 26.2 Å². The molecule has 2 N–H and O–H groups in total. The van der Waals surface area contributed by atoms with E-state index in [9.17, 15) is 9.90 Å². The molecule has 1 aliphatic carbocycles. The highest BCUT2D eigenvalue weighted by Gasteiger charge is 2.49. The van der Waals surface area contributed by atoms with E-state index in [1.807, 2.05) is 31.2 Å². The Morgan fingerprint density at radius 1 is 1.41 bits per heavy atom. The van der Waals surface area contributed by atoms with Crippen molar-refractivity contribution in [3.8, 4) is 0 Å². The van der Waals surface area contributed by atoms with Crippen molar-refractivity contribution in [3.63, 3.8) is 0 Å². The molecule has 1 amide bonds. The van der Waals surface area contributed by atoms with Gasteiger partial charge in [-0.15, -0.1) is 0 Å². The van der Waals surface area contributed by atoms with Gasteiger partial charge in [-0.25, -0.2) is 4.39 Å². The van der Waals surface area contributed by atoms with Crippen molar-refractivity contribution in [1.29, 1.82) is 0 Å². The van der Waals surface area contributed by atoms with Crippen molar-refractivity contribution in [2.24, 2.45) is 0 Å². The van der Waals surface area contributed by atoms with Crippen LogP contribution in [0, 0.1) is 0 Å². The topological polar surface area (TPSA) is 61.8 Å². The summed E-state index contributed by atoms with van der Waals surface area (Å²) < 4.78 is 21.4. The maximum atomic E-state index is 15.7. The van der Waals surface area contributed by atoms with Crippen LogP contribution >= 0.6 is 0 Å². The fraction of sp³-hybridized carbons (Fsp3) is 0.522. The molecule has 1 unspecified atom stereocenters. The largest absolute Gasteiger partial charge is 0.386 e. The highest BCUT2D eigenvalue weighted by Crippen LogP contribution is 2.42. The summed E-state index contributed by atoms with van der Waals surface area (Å²) in [4.78, 5) is 13.4. The van der Waals surface area contributed by atoms with Crippen LogP contribution in [0.25, 0.3) is 0 Å². The van der Waals surface area contributed by atoms with E-state index < -0.39 is 17.4 Å². The summed E-state index contributed by atoms with van der Waals surface area (Å²) in [5, 5.41) is 13.7. The van der Waals surface area contributed by atoms with Crippen LogP contribution in [0.1, 0.15) is 36.9 Å². The Morgan fingerprint density at radius 3 is 2.97 bits per heavy atom. The third-order valence-corrected chi connectivity index (χ3v) is 6.33. The molecule has 5 nitrogen and oxygen atoms in total. The van der Waals surface area contributed by atoms with Crippen molar-refractivity contribution in [2.45, 2.75) is 49.6 Å². The lowest BCUT2D eigenvalue weighted by atomic mass is 9.81. The van der Waals surface area contributed by atoms with Crippen molar-refractivity contribution in [3.05, 3.63) is 59.2 Å². The minimum absolute atomic E-state index is 0.135. The molecule has 0 bridgehead atoms. The fourth-order valence-electron chi connectivity index (χ4n) is 4.66. The minimum atomic E-state index is -1.65. The average molecular weight is 400 g/mol. The van der Waals surface area contributed by atoms with Gasteiger partial charge >= 0.3 is 0 Å². The van der Waals surface area contributed by atoms with Gasteiger partial charge in [0.05, 0.1) is 18.8 Å². The predicted octanol–water partition coefficient (Wildman–Crippen LogP) is 2.47. The molecule has 4 atom stereocenters. The van der Waals surface area contributed by atoms with Crippen molar-refractivity contribution >= 4 is 6.41 Å². The van der Waals surface area contributed by atoms with Gasteiger partial charge in [0.2, 0.25) is 6.41 Å². The first-order valence-electron chi connectivity index (χ1n) is 10.4. The highest BCUT2D eigenvalue weighted by atomic mass is 19.1. The standard InChI is InChI=1S/C23H29FN2O3/c1-2-25-14-22(28)13-20(29-15-22)23(24)10-7-18(8-11-23)21-19-6-4-3-5-17(19)9-12-26(21)16-27/h3-8,10,16,20-21,25,28H,2,9,11-15H2,1H3/t20-,21+,22+,23?/m1/s1. The summed E-state index contributed by atoms with van der Waals surface area (Å²) in [7, 11) is 0. The van der Waals surface area contributed by atoms with Gasteiger partial charge in [0.15, 0.2) is 5.67 Å². The fourth-order valence-corrected chi connectivity index (χ4v) is 4.66. The summed E-state index contributed by atoms with van der Waals surface area (Å²) in [5.74, 6) is 0. The summed E-state index contributed by atoms with van der Waals surface area (Å²) >= 11 is 0. The Kier molecular flexibility index (Phi) is 5.60. The second-order valence-electron chi connectivity index (χ2n) is 8.37. The zero-order chi connectivity index (χ0) is 20.5. The Balaban J connectivity index is 1.51. The third-order valence-electron chi connectivity index (χ3n) is 6.33. The lowest BCUT2D eigenvalue weighted by Crippen LogP contribution is -2.43. The summed E-state index contributed by atoms with van der Waals surface area (Å²) in [5.41, 5.74) is 0.576. The van der Waals surface area contributed by atoms with Crippen LogP contribution in [0.4, 0.5) is 4.39 Å². The number of ether oxygens (including phenoxy) is 1. The van der Waals surface area contributed by atoms with E-state index in [2.05, 4.69) is 11.4 Å². The molecular weight excluding hydrogens is 371 g/mol. The Labute approximate surface area is 171 Å². The molecule has 29 heavy (non-hydrogen) atoms. The van der Waals surface area contributed by atoms with E-state index in [0.717, 1.165) is 30.5 Å². The molecule has 3 aliphatic rings. The van der Waals surface area contributed by atoms with Crippen LogP contribution in [-0.2, 0) is 16.0 Å². The number of hydrogen-bond acceptors (Lipinski definition) is 4. The third kappa shape index (κ3) is 3.89. The molecule has 4 rings (SSSR count). The van der Waals surface area contributed by atoms with Crippen LogP contribution in [0.5, 0.6) is 0 Å². The zero-order valence-electron chi connectivity index (χ0n) is 16.8. The number of nitrogens with one attached hydrogen (secondary N) is 1. The number of amides is 1. The van der Waals surface area contributed by atoms with E-state index >= 15 is 4.39 Å². The lowest BCUT2D eigenvalue weighted by molar-refractivity contribution is -0.120. The zero-order valence-corrected chi connectivity index (χ0v) is 16.8. The van der Waals surface area contributed by atoms with Gasteiger partial charge < -0.3 is 20.1 Å². The summed E-state index contributed by atoms with van der Waals surface area (Å²) in [6, 6.07) is 7.94. The molecule has 0 radical (unpaired) electrons. The van der Waals surface area contributed by atoms with Crippen LogP contribution in [0.15, 0.2) is 48.1 Å². The first-order valence-corrected chi connectivity index (χ1v) is 10.4. The van der Waals surface area contributed by atoms with Crippen LogP contribution in [-0.4, -0.2) is 60.0 Å². The number of alkyl halides is 1. The quantitative estimate of drug-likeness (QED) is 0.721. The molecule has 1 aromatic carbocycles. The molecule has 2 heterocycles. The number of fused-ring (bicyclic) bond motifs is 1. The number of aliphatic hydroxyl groups is 1. The molecule has 0 spiro atoms. The van der Waals surface area contributed by atoms with Gasteiger partial charge in [-0.3, -0.25) is 4.79 Å². The minimum Gasteiger partial charge on any atom is -0.386 e. The smallest absolute Gasteiger partial charge is 0.210 e. The number of carbonyl (C=O) groups excluding carboxylic acids is 1. The number of carbonyl (C=O) groups is 1. The SMILES string of the molecule is CCNC[C@]1(O)CO[C@@H](C2(F)C=CC([C@H]3c4ccccc4CCN3C=O)=CC2)C1. The maximum absolute atomic E-state index is 15.7. The second kappa shape index (κ2) is 8.01. The van der Waals surface area contributed by atoms with Gasteiger partial charge in [-0.1, -0.05) is 43.3 Å². The molecule has 1 saturated heterocycles. The van der Waals surface area contributed by atoms with E-state index in [1.165, 1.54) is 5.56 Å². The molecule has 2 aliphatic heterocycles. The van der Waals surface area contributed by atoms with Crippen LogP contribution in [0.2, 0.25) is 0 Å². The molecule has 156 valence electrons. The molecule has 6 heteroatoms. The Bertz CT molecular complexity index is 826. The van der Waals surface area contributed by atoms with Gasteiger partial charge in [0.25, 0.3) is 0 Å². The number of rotatable bonds is 6. The molecular formula is C23H29FN2O3. The predicted molar refractivity (Wildman–Crippen MR) is 109 cm³/mol. The van der Waals surface area contributed by atoms with Gasteiger partial charge in [0.1, 0.15) is 5.60 Å². The maximum Gasteiger partial charge on any atom is 0.210 e. The number of hydrogen-bond donors (Lipinski definition) is 2. The average Bonchev–Trinajstić information content (AvgIpc) is 3.15. The van der Waals surface area contributed by atoms with E-state index in [-0.39, 0.29) is 25.5 Å². The van der Waals surface area contributed by atoms with Crippen molar-refractivity contribution < 1.29 is 19.0 Å². The molecule has 1 fully saturated rings. The molecule has 0 aromatic heterocycles. The monoisotopic (exact) mass is 400 g/mol. The first-order chi connectivity index (χ1) is 14.0. The number of benzene rings is 1. The highest BCUT2D eigenvalue weighted by molar-refractivity contribution is 5.55. The van der Waals surface area contributed by atoms with Gasteiger partial charge in [-0.2, -0.15) is 0 Å². The second-order valence-corrected chi connectivity index (χ2v) is 8.37.